The molecule has 1 aromatic heterocycles. The molecule has 1 atom stereocenters. The Bertz CT molecular complexity index is 1250. The molecule has 2 amide bonds. The second-order valence-electron chi connectivity index (χ2n) is 7.32. The second kappa shape index (κ2) is 11.8. The summed E-state index contributed by atoms with van der Waals surface area (Å²) >= 11 is 8.73. The van der Waals surface area contributed by atoms with Crippen molar-refractivity contribution in [2.24, 2.45) is 0 Å². The van der Waals surface area contributed by atoms with Crippen LogP contribution in [0.4, 0.5) is 5.13 Å². The van der Waals surface area contributed by atoms with Crippen molar-refractivity contribution < 1.29 is 9.59 Å². The maximum Gasteiger partial charge on any atom is 0.249 e. The van der Waals surface area contributed by atoms with E-state index in [2.05, 4.69) is 20.8 Å². The molecule has 0 radical (unpaired) electrons. The monoisotopic (exact) mass is 508 g/mol. The highest BCUT2D eigenvalue weighted by Gasteiger charge is 2.23. The van der Waals surface area contributed by atoms with Crippen molar-refractivity contribution in [3.63, 3.8) is 0 Å². The molecule has 0 spiro atoms. The molecule has 4 rings (SSSR count). The van der Waals surface area contributed by atoms with Crippen molar-refractivity contribution in [1.29, 1.82) is 0 Å². The summed E-state index contributed by atoms with van der Waals surface area (Å²) in [5.74, 6) is -0.363. The minimum atomic E-state index is -0.759. The Hall–Kier alpha value is -3.20. The van der Waals surface area contributed by atoms with Crippen LogP contribution in [0.2, 0.25) is 5.02 Å². The fourth-order valence-electron chi connectivity index (χ4n) is 3.17. The average molecular weight is 509 g/mol. The van der Waals surface area contributed by atoms with Crippen molar-refractivity contribution in [2.75, 3.05) is 11.1 Å². The largest absolute Gasteiger partial charge is 0.343 e. The Morgan fingerprint density at radius 3 is 2.41 bits per heavy atom. The van der Waals surface area contributed by atoms with E-state index in [4.69, 9.17) is 11.6 Å². The van der Waals surface area contributed by atoms with Gasteiger partial charge in [0.05, 0.1) is 5.75 Å². The molecule has 0 saturated carbocycles. The lowest BCUT2D eigenvalue weighted by Gasteiger charge is -2.18. The van der Waals surface area contributed by atoms with Crippen LogP contribution in [-0.4, -0.2) is 33.8 Å². The molecule has 34 heavy (non-hydrogen) atoms. The van der Waals surface area contributed by atoms with Gasteiger partial charge in [0.25, 0.3) is 0 Å². The first-order valence-electron chi connectivity index (χ1n) is 10.5. The normalized spacial score (nSPS) is 11.6. The number of halogens is 1. The van der Waals surface area contributed by atoms with Crippen molar-refractivity contribution >= 4 is 51.6 Å². The SMILES string of the molecule is O=C(CSc1ccccc1)NC(Cc1ccccc1)C(=O)Nc1nnc(-c2cccc(Cl)c2)s1. The summed E-state index contributed by atoms with van der Waals surface area (Å²) in [4.78, 5) is 26.7. The number of hydrogen-bond acceptors (Lipinski definition) is 6. The molecule has 0 aliphatic carbocycles. The molecule has 0 bridgehead atoms. The number of nitrogens with zero attached hydrogens (tertiary/aromatic N) is 2. The van der Waals surface area contributed by atoms with Gasteiger partial charge in [-0.3, -0.25) is 14.9 Å². The summed E-state index contributed by atoms with van der Waals surface area (Å²) < 4.78 is 0. The molecule has 0 aliphatic heterocycles. The lowest BCUT2D eigenvalue weighted by molar-refractivity contribution is -0.124. The molecule has 4 aromatic rings. The zero-order chi connectivity index (χ0) is 23.8. The average Bonchev–Trinajstić information content (AvgIpc) is 3.32. The van der Waals surface area contributed by atoms with Crippen LogP contribution in [0.1, 0.15) is 5.56 Å². The lowest BCUT2D eigenvalue weighted by Crippen LogP contribution is -2.46. The van der Waals surface area contributed by atoms with Crippen LogP contribution in [0.5, 0.6) is 0 Å². The predicted molar refractivity (Wildman–Crippen MR) is 138 cm³/mol. The highest BCUT2D eigenvalue weighted by molar-refractivity contribution is 8.00. The number of carbonyl (C=O) groups is 2. The van der Waals surface area contributed by atoms with Gasteiger partial charge in [-0.1, -0.05) is 83.6 Å². The third-order valence-corrected chi connectivity index (χ3v) is 6.91. The fraction of sp³-hybridized carbons (Fsp3) is 0.120. The maximum absolute atomic E-state index is 13.1. The lowest BCUT2D eigenvalue weighted by atomic mass is 10.1. The highest BCUT2D eigenvalue weighted by Crippen LogP contribution is 2.28. The third-order valence-electron chi connectivity index (χ3n) is 4.77. The standard InChI is InChI=1S/C25H21ClN4O2S2/c26-19-11-7-10-18(15-19)24-29-30-25(34-24)28-23(32)21(14-17-8-3-1-4-9-17)27-22(31)16-33-20-12-5-2-6-13-20/h1-13,15,21H,14,16H2,(H,27,31)(H,28,30,32). The molecule has 0 saturated heterocycles. The summed E-state index contributed by atoms with van der Waals surface area (Å²) in [5.41, 5.74) is 1.76. The molecular formula is C25H21ClN4O2S2. The summed E-state index contributed by atoms with van der Waals surface area (Å²) in [5, 5.41) is 15.5. The molecular weight excluding hydrogens is 488 g/mol. The number of hydrogen-bond donors (Lipinski definition) is 2. The minimum Gasteiger partial charge on any atom is -0.343 e. The Kier molecular flexibility index (Phi) is 8.30. The first-order chi connectivity index (χ1) is 16.6. The number of carbonyl (C=O) groups excluding carboxylic acids is 2. The van der Waals surface area contributed by atoms with Crippen LogP contribution in [0.15, 0.2) is 89.8 Å². The Morgan fingerprint density at radius 1 is 0.941 bits per heavy atom. The quantitative estimate of drug-likeness (QED) is 0.299. The van der Waals surface area contributed by atoms with Crippen LogP contribution in [0.25, 0.3) is 10.6 Å². The third kappa shape index (κ3) is 6.90. The van der Waals surface area contributed by atoms with Gasteiger partial charge in [0.15, 0.2) is 0 Å². The van der Waals surface area contributed by atoms with Gasteiger partial charge in [0.2, 0.25) is 16.9 Å². The minimum absolute atomic E-state index is 0.209. The van der Waals surface area contributed by atoms with Crippen molar-refractivity contribution in [2.45, 2.75) is 17.4 Å². The zero-order valence-electron chi connectivity index (χ0n) is 18.0. The second-order valence-corrected chi connectivity index (χ2v) is 9.79. The van der Waals surface area contributed by atoms with E-state index in [0.717, 1.165) is 16.0 Å². The van der Waals surface area contributed by atoms with Crippen molar-refractivity contribution in [1.82, 2.24) is 15.5 Å². The molecule has 0 fully saturated rings. The zero-order valence-corrected chi connectivity index (χ0v) is 20.4. The van der Waals surface area contributed by atoms with Crippen LogP contribution >= 0.6 is 34.7 Å². The van der Waals surface area contributed by atoms with Crippen LogP contribution < -0.4 is 10.6 Å². The van der Waals surface area contributed by atoms with Gasteiger partial charge in [-0.15, -0.1) is 22.0 Å². The molecule has 0 aliphatic rings. The van der Waals surface area contributed by atoms with Crippen LogP contribution in [0.3, 0.4) is 0 Å². The molecule has 3 aromatic carbocycles. The van der Waals surface area contributed by atoms with E-state index < -0.39 is 6.04 Å². The van der Waals surface area contributed by atoms with Gasteiger partial charge in [0.1, 0.15) is 11.0 Å². The maximum atomic E-state index is 13.1. The van der Waals surface area contributed by atoms with E-state index in [0.29, 0.717) is 21.6 Å². The number of benzene rings is 3. The van der Waals surface area contributed by atoms with Gasteiger partial charge in [-0.2, -0.15) is 0 Å². The summed E-state index contributed by atoms with van der Waals surface area (Å²) in [6, 6.07) is 25.7. The van der Waals surface area contributed by atoms with E-state index >= 15 is 0 Å². The molecule has 1 heterocycles. The van der Waals surface area contributed by atoms with Crippen molar-refractivity contribution in [3.05, 3.63) is 95.5 Å². The highest BCUT2D eigenvalue weighted by atomic mass is 35.5. The Labute approximate surface area is 210 Å². The number of aromatic nitrogens is 2. The number of amides is 2. The smallest absolute Gasteiger partial charge is 0.249 e. The summed E-state index contributed by atoms with van der Waals surface area (Å²) in [6.45, 7) is 0. The predicted octanol–water partition coefficient (Wildman–Crippen LogP) is 5.32. The topological polar surface area (TPSA) is 84.0 Å². The molecule has 2 N–H and O–H groups in total. The van der Waals surface area contributed by atoms with Crippen molar-refractivity contribution in [3.8, 4) is 10.6 Å². The molecule has 6 nitrogen and oxygen atoms in total. The van der Waals surface area contributed by atoms with E-state index in [1.165, 1.54) is 23.1 Å². The Morgan fingerprint density at radius 2 is 1.68 bits per heavy atom. The number of thioether (sulfide) groups is 1. The van der Waals surface area contributed by atoms with Gasteiger partial charge in [0, 0.05) is 21.9 Å². The van der Waals surface area contributed by atoms with E-state index in [1.807, 2.05) is 72.8 Å². The van der Waals surface area contributed by atoms with Gasteiger partial charge < -0.3 is 5.32 Å². The van der Waals surface area contributed by atoms with E-state index in [9.17, 15) is 9.59 Å². The van der Waals surface area contributed by atoms with Crippen LogP contribution in [0, 0.1) is 0 Å². The van der Waals surface area contributed by atoms with Gasteiger partial charge in [-0.05, 0) is 29.8 Å². The fourth-order valence-corrected chi connectivity index (χ4v) is 4.83. The van der Waals surface area contributed by atoms with Crippen LogP contribution in [-0.2, 0) is 16.0 Å². The van der Waals surface area contributed by atoms with E-state index in [1.54, 1.807) is 12.1 Å². The molecule has 9 heteroatoms. The summed E-state index contributed by atoms with van der Waals surface area (Å²) in [7, 11) is 0. The molecule has 1 unspecified atom stereocenters. The first-order valence-corrected chi connectivity index (χ1v) is 12.7. The molecule has 172 valence electrons. The number of rotatable bonds is 9. The van der Waals surface area contributed by atoms with Gasteiger partial charge >= 0.3 is 0 Å². The van der Waals surface area contributed by atoms with E-state index in [-0.39, 0.29) is 17.6 Å². The Balaban J connectivity index is 1.43. The number of nitrogens with one attached hydrogen (secondary N) is 2. The summed E-state index contributed by atoms with van der Waals surface area (Å²) in [6.07, 6.45) is 0.356. The van der Waals surface area contributed by atoms with Gasteiger partial charge in [-0.25, -0.2) is 0 Å². The number of anilines is 1. The first kappa shape index (κ1) is 23.9.